The number of aliphatic carboxylic acids is 1. The van der Waals surface area contributed by atoms with Crippen molar-refractivity contribution in [3.05, 3.63) is 18.5 Å². The molecule has 17 heavy (non-hydrogen) atoms. The molecular weight excluding hydrogens is 222 g/mol. The second kappa shape index (κ2) is 4.57. The van der Waals surface area contributed by atoms with Gasteiger partial charge >= 0.3 is 5.97 Å². The highest BCUT2D eigenvalue weighted by molar-refractivity contribution is 5.81. The number of rotatable bonds is 3. The van der Waals surface area contributed by atoms with Crippen molar-refractivity contribution in [2.24, 2.45) is 5.92 Å². The summed E-state index contributed by atoms with van der Waals surface area (Å²) in [7, 11) is 0. The van der Waals surface area contributed by atoms with Gasteiger partial charge in [0, 0.05) is 25.5 Å². The Morgan fingerprint density at radius 1 is 1.53 bits per heavy atom. The van der Waals surface area contributed by atoms with Crippen molar-refractivity contribution < 1.29 is 14.7 Å². The van der Waals surface area contributed by atoms with Crippen LogP contribution < -0.4 is 0 Å². The Hall–Kier alpha value is -1.85. The van der Waals surface area contributed by atoms with Crippen LogP contribution in [0.2, 0.25) is 0 Å². The van der Waals surface area contributed by atoms with Gasteiger partial charge in [-0.3, -0.25) is 14.3 Å². The van der Waals surface area contributed by atoms with Gasteiger partial charge in [0.25, 0.3) is 0 Å². The minimum atomic E-state index is -0.827. The molecule has 1 aliphatic heterocycles. The number of hydrogen-bond acceptors (Lipinski definition) is 3. The van der Waals surface area contributed by atoms with Crippen molar-refractivity contribution in [2.75, 3.05) is 13.1 Å². The van der Waals surface area contributed by atoms with Crippen LogP contribution in [0.1, 0.15) is 19.4 Å². The standard InChI is InChI=1S/C11H15N3O3/c1-8(14-5-2-4-12-14)10(15)13-6-3-9(7-13)11(16)17/h2,4-5,8-9H,3,6-7H2,1H3,(H,16,17)/t8-,9+/m1/s1. The maximum atomic E-state index is 12.1. The zero-order chi connectivity index (χ0) is 12.4. The van der Waals surface area contributed by atoms with E-state index in [4.69, 9.17) is 5.11 Å². The first kappa shape index (κ1) is 11.6. The highest BCUT2D eigenvalue weighted by Gasteiger charge is 2.33. The lowest BCUT2D eigenvalue weighted by atomic mass is 10.1. The lowest BCUT2D eigenvalue weighted by Crippen LogP contribution is -2.35. The zero-order valence-corrected chi connectivity index (χ0v) is 9.61. The molecule has 1 amide bonds. The Morgan fingerprint density at radius 3 is 2.82 bits per heavy atom. The average molecular weight is 237 g/mol. The van der Waals surface area contributed by atoms with E-state index < -0.39 is 11.9 Å². The fourth-order valence-electron chi connectivity index (χ4n) is 2.05. The Labute approximate surface area is 98.8 Å². The molecule has 0 unspecified atom stereocenters. The van der Waals surface area contributed by atoms with Crippen LogP contribution in [0.4, 0.5) is 0 Å². The largest absolute Gasteiger partial charge is 0.481 e. The van der Waals surface area contributed by atoms with Gasteiger partial charge in [-0.2, -0.15) is 5.10 Å². The first-order valence-electron chi connectivity index (χ1n) is 5.60. The minimum absolute atomic E-state index is 0.0718. The van der Waals surface area contributed by atoms with Crippen LogP contribution >= 0.6 is 0 Å². The number of carbonyl (C=O) groups excluding carboxylic acids is 1. The highest BCUT2D eigenvalue weighted by atomic mass is 16.4. The number of carboxylic acid groups (broad SMARTS) is 1. The summed E-state index contributed by atoms with van der Waals surface area (Å²) in [5, 5.41) is 12.9. The number of nitrogens with zero attached hydrogens (tertiary/aromatic N) is 3. The molecule has 0 aliphatic carbocycles. The van der Waals surface area contributed by atoms with E-state index in [1.165, 1.54) is 0 Å². The maximum absolute atomic E-state index is 12.1. The fourth-order valence-corrected chi connectivity index (χ4v) is 2.05. The summed E-state index contributed by atoms with van der Waals surface area (Å²) in [6.07, 6.45) is 3.88. The van der Waals surface area contributed by atoms with Crippen molar-refractivity contribution >= 4 is 11.9 Å². The quantitative estimate of drug-likeness (QED) is 0.824. The van der Waals surface area contributed by atoms with Crippen LogP contribution in [0.5, 0.6) is 0 Å². The summed E-state index contributed by atoms with van der Waals surface area (Å²) in [5.41, 5.74) is 0. The molecule has 1 aromatic heterocycles. The molecule has 2 rings (SSSR count). The normalized spacial score (nSPS) is 21.5. The van der Waals surface area contributed by atoms with E-state index in [1.807, 2.05) is 0 Å². The molecule has 6 nitrogen and oxygen atoms in total. The van der Waals surface area contributed by atoms with Gasteiger partial charge in [0.05, 0.1) is 5.92 Å². The van der Waals surface area contributed by atoms with Crippen molar-refractivity contribution in [2.45, 2.75) is 19.4 Å². The summed E-state index contributed by atoms with van der Waals surface area (Å²) < 4.78 is 1.58. The summed E-state index contributed by atoms with van der Waals surface area (Å²) in [6.45, 7) is 2.59. The van der Waals surface area contributed by atoms with E-state index in [1.54, 1.807) is 35.0 Å². The van der Waals surface area contributed by atoms with Gasteiger partial charge in [0.15, 0.2) is 0 Å². The Morgan fingerprint density at radius 2 is 2.29 bits per heavy atom. The van der Waals surface area contributed by atoms with Gasteiger partial charge in [0.1, 0.15) is 6.04 Å². The van der Waals surface area contributed by atoms with Crippen molar-refractivity contribution in [1.82, 2.24) is 14.7 Å². The predicted molar refractivity (Wildman–Crippen MR) is 59.3 cm³/mol. The number of amides is 1. The molecule has 2 heterocycles. The molecule has 0 radical (unpaired) electrons. The summed E-state index contributed by atoms with van der Waals surface area (Å²) in [4.78, 5) is 24.5. The molecule has 0 bridgehead atoms. The van der Waals surface area contributed by atoms with E-state index in [2.05, 4.69) is 5.10 Å². The SMILES string of the molecule is C[C@H](C(=O)N1CC[C@H](C(=O)O)C1)n1cccn1. The molecule has 1 N–H and O–H groups in total. The fraction of sp³-hybridized carbons (Fsp3) is 0.545. The van der Waals surface area contributed by atoms with Crippen LogP contribution in [-0.4, -0.2) is 44.8 Å². The second-order valence-electron chi connectivity index (χ2n) is 4.27. The van der Waals surface area contributed by atoms with Crippen LogP contribution in [0.15, 0.2) is 18.5 Å². The number of carboxylic acids is 1. The van der Waals surface area contributed by atoms with Gasteiger partial charge in [-0.05, 0) is 19.4 Å². The summed E-state index contributed by atoms with van der Waals surface area (Å²) in [5.74, 6) is -1.33. The average Bonchev–Trinajstić information content (AvgIpc) is 2.97. The predicted octanol–water partition coefficient (Wildman–Crippen LogP) is 0.377. The molecule has 92 valence electrons. The Balaban J connectivity index is 2.00. The molecule has 1 aromatic rings. The van der Waals surface area contributed by atoms with Crippen LogP contribution in [-0.2, 0) is 9.59 Å². The van der Waals surface area contributed by atoms with E-state index in [9.17, 15) is 9.59 Å². The second-order valence-corrected chi connectivity index (χ2v) is 4.27. The molecule has 2 atom stereocenters. The van der Waals surface area contributed by atoms with Crippen molar-refractivity contribution in [3.8, 4) is 0 Å². The molecule has 0 aromatic carbocycles. The van der Waals surface area contributed by atoms with Crippen molar-refractivity contribution in [1.29, 1.82) is 0 Å². The lowest BCUT2D eigenvalue weighted by molar-refractivity contribution is -0.141. The summed E-state index contributed by atoms with van der Waals surface area (Å²) >= 11 is 0. The van der Waals surface area contributed by atoms with Crippen LogP contribution in [0.25, 0.3) is 0 Å². The third kappa shape index (κ3) is 2.30. The van der Waals surface area contributed by atoms with E-state index in [-0.39, 0.29) is 11.9 Å². The van der Waals surface area contributed by atoms with Crippen molar-refractivity contribution in [3.63, 3.8) is 0 Å². The lowest BCUT2D eigenvalue weighted by Gasteiger charge is -2.20. The molecule has 0 spiro atoms. The van der Waals surface area contributed by atoms with Gasteiger partial charge < -0.3 is 10.0 Å². The number of aromatic nitrogens is 2. The number of carbonyl (C=O) groups is 2. The van der Waals surface area contributed by atoms with Crippen LogP contribution in [0.3, 0.4) is 0 Å². The topological polar surface area (TPSA) is 75.4 Å². The van der Waals surface area contributed by atoms with E-state index >= 15 is 0 Å². The highest BCUT2D eigenvalue weighted by Crippen LogP contribution is 2.19. The number of likely N-dealkylation sites (tertiary alicyclic amines) is 1. The third-order valence-electron chi connectivity index (χ3n) is 3.13. The molecule has 1 saturated heterocycles. The van der Waals surface area contributed by atoms with E-state index in [0.29, 0.717) is 19.5 Å². The Bertz CT molecular complexity index is 416. The molecule has 1 aliphatic rings. The van der Waals surface area contributed by atoms with Gasteiger partial charge in [0.2, 0.25) is 5.91 Å². The minimum Gasteiger partial charge on any atom is -0.481 e. The first-order valence-corrected chi connectivity index (χ1v) is 5.60. The molecular formula is C11H15N3O3. The smallest absolute Gasteiger partial charge is 0.308 e. The van der Waals surface area contributed by atoms with Crippen LogP contribution in [0, 0.1) is 5.92 Å². The Kier molecular flexibility index (Phi) is 3.12. The van der Waals surface area contributed by atoms with E-state index in [0.717, 1.165) is 0 Å². The summed E-state index contributed by atoms with van der Waals surface area (Å²) in [6, 6.07) is 1.38. The number of hydrogen-bond donors (Lipinski definition) is 1. The monoisotopic (exact) mass is 237 g/mol. The third-order valence-corrected chi connectivity index (χ3v) is 3.13. The zero-order valence-electron chi connectivity index (χ0n) is 9.61. The molecule has 1 fully saturated rings. The molecule has 6 heteroatoms. The van der Waals surface area contributed by atoms with Gasteiger partial charge in [-0.1, -0.05) is 0 Å². The first-order chi connectivity index (χ1) is 8.09. The van der Waals surface area contributed by atoms with Gasteiger partial charge in [-0.25, -0.2) is 0 Å². The maximum Gasteiger partial charge on any atom is 0.308 e. The van der Waals surface area contributed by atoms with Gasteiger partial charge in [-0.15, -0.1) is 0 Å². The molecule has 0 saturated carbocycles.